The summed E-state index contributed by atoms with van der Waals surface area (Å²) in [4.78, 5) is 0. The highest BCUT2D eigenvalue weighted by molar-refractivity contribution is 5.85. The summed E-state index contributed by atoms with van der Waals surface area (Å²) in [5, 5.41) is 9.67. The average molecular weight is 234 g/mol. The lowest BCUT2D eigenvalue weighted by molar-refractivity contribution is 0.450. The van der Waals surface area contributed by atoms with Crippen molar-refractivity contribution < 1.29 is 9.50 Å². The van der Waals surface area contributed by atoms with Crippen molar-refractivity contribution in [1.29, 1.82) is 0 Å². The van der Waals surface area contributed by atoms with Gasteiger partial charge in [-0.25, -0.2) is 4.39 Å². The van der Waals surface area contributed by atoms with Gasteiger partial charge in [-0.1, -0.05) is 13.3 Å². The van der Waals surface area contributed by atoms with E-state index >= 15 is 0 Å². The fourth-order valence-corrected chi connectivity index (χ4v) is 1.51. The molecular weight excluding hydrogens is 217 g/mol. The second-order valence-corrected chi connectivity index (χ2v) is 3.56. The molecule has 0 aliphatic rings. The van der Waals surface area contributed by atoms with Gasteiger partial charge in [0, 0.05) is 11.6 Å². The van der Waals surface area contributed by atoms with Crippen molar-refractivity contribution >= 4 is 12.4 Å². The molecule has 0 radical (unpaired) electrons. The Morgan fingerprint density at radius 1 is 1.47 bits per heavy atom. The standard InChI is InChI=1S/C11H16FNO.ClH/c1-3-4-10(13)9-6-8(12)5-7(2)11(9)14;/h5-6,10,14H,3-4,13H2,1-2H3;1H/t10-;/m0./s1. The fourth-order valence-electron chi connectivity index (χ4n) is 1.51. The van der Waals surface area contributed by atoms with Crippen LogP contribution in [0.15, 0.2) is 12.1 Å². The molecule has 3 N–H and O–H groups in total. The molecule has 0 bridgehead atoms. The predicted molar refractivity (Wildman–Crippen MR) is 61.9 cm³/mol. The quantitative estimate of drug-likeness (QED) is 0.843. The first-order chi connectivity index (χ1) is 6.56. The zero-order valence-corrected chi connectivity index (χ0v) is 9.77. The largest absolute Gasteiger partial charge is 0.507 e. The third kappa shape index (κ3) is 3.36. The third-order valence-electron chi connectivity index (χ3n) is 2.29. The molecule has 2 nitrogen and oxygen atoms in total. The van der Waals surface area contributed by atoms with Crippen LogP contribution in [0.4, 0.5) is 4.39 Å². The van der Waals surface area contributed by atoms with Gasteiger partial charge in [0.1, 0.15) is 11.6 Å². The van der Waals surface area contributed by atoms with Gasteiger partial charge >= 0.3 is 0 Å². The number of phenols is 1. The molecule has 0 amide bonds. The zero-order valence-electron chi connectivity index (χ0n) is 8.96. The molecule has 0 aromatic heterocycles. The minimum absolute atomic E-state index is 0. The zero-order chi connectivity index (χ0) is 10.7. The SMILES string of the molecule is CCC[C@H](N)c1cc(F)cc(C)c1O.Cl. The highest BCUT2D eigenvalue weighted by atomic mass is 35.5. The van der Waals surface area contributed by atoms with Crippen LogP contribution in [0.25, 0.3) is 0 Å². The Labute approximate surface area is 95.7 Å². The van der Waals surface area contributed by atoms with E-state index in [-0.39, 0.29) is 30.0 Å². The van der Waals surface area contributed by atoms with Crippen molar-refractivity contribution in [1.82, 2.24) is 0 Å². The summed E-state index contributed by atoms with van der Waals surface area (Å²) in [5.74, 6) is -0.228. The number of halogens is 2. The van der Waals surface area contributed by atoms with Crippen LogP contribution in [-0.4, -0.2) is 5.11 Å². The van der Waals surface area contributed by atoms with Gasteiger partial charge in [0.15, 0.2) is 0 Å². The second-order valence-electron chi connectivity index (χ2n) is 3.56. The van der Waals surface area contributed by atoms with Gasteiger partial charge < -0.3 is 10.8 Å². The molecule has 15 heavy (non-hydrogen) atoms. The molecule has 1 rings (SSSR count). The third-order valence-corrected chi connectivity index (χ3v) is 2.29. The first-order valence-corrected chi connectivity index (χ1v) is 4.80. The number of nitrogens with two attached hydrogens (primary N) is 1. The summed E-state index contributed by atoms with van der Waals surface area (Å²) in [5.41, 5.74) is 6.86. The maximum atomic E-state index is 13.0. The fraction of sp³-hybridized carbons (Fsp3) is 0.455. The lowest BCUT2D eigenvalue weighted by Gasteiger charge is -2.14. The molecule has 0 fully saturated rings. The molecule has 0 saturated carbocycles. The van der Waals surface area contributed by atoms with Gasteiger partial charge in [0.25, 0.3) is 0 Å². The Balaban J connectivity index is 0.00000196. The molecule has 0 heterocycles. The van der Waals surface area contributed by atoms with E-state index in [1.54, 1.807) is 6.92 Å². The highest BCUT2D eigenvalue weighted by Crippen LogP contribution is 2.29. The van der Waals surface area contributed by atoms with Crippen LogP contribution in [0, 0.1) is 12.7 Å². The van der Waals surface area contributed by atoms with Crippen LogP contribution < -0.4 is 5.73 Å². The van der Waals surface area contributed by atoms with Gasteiger partial charge in [0.2, 0.25) is 0 Å². The molecule has 1 aromatic rings. The molecule has 0 aliphatic carbocycles. The number of aryl methyl sites for hydroxylation is 1. The minimum Gasteiger partial charge on any atom is -0.507 e. The molecule has 0 aliphatic heterocycles. The van der Waals surface area contributed by atoms with Crippen LogP contribution in [0.5, 0.6) is 5.75 Å². The van der Waals surface area contributed by atoms with Crippen molar-refractivity contribution in [3.8, 4) is 5.75 Å². The highest BCUT2D eigenvalue weighted by Gasteiger charge is 2.13. The van der Waals surface area contributed by atoms with E-state index < -0.39 is 0 Å². The Bertz CT molecular complexity index is 331. The summed E-state index contributed by atoms with van der Waals surface area (Å²) < 4.78 is 13.0. The van der Waals surface area contributed by atoms with Crippen LogP contribution in [-0.2, 0) is 0 Å². The van der Waals surface area contributed by atoms with Crippen molar-refractivity contribution in [2.45, 2.75) is 32.7 Å². The predicted octanol–water partition coefficient (Wildman–Crippen LogP) is 3.06. The Hall–Kier alpha value is -0.800. The number of hydrogen-bond donors (Lipinski definition) is 2. The van der Waals surface area contributed by atoms with Gasteiger partial charge in [0.05, 0.1) is 0 Å². The van der Waals surface area contributed by atoms with Gasteiger partial charge in [-0.05, 0) is 31.0 Å². The lowest BCUT2D eigenvalue weighted by Crippen LogP contribution is -2.10. The van der Waals surface area contributed by atoms with Gasteiger partial charge in [-0.2, -0.15) is 0 Å². The Kier molecular flexibility index (Phi) is 5.61. The number of phenolic OH excluding ortho intramolecular Hbond substituents is 1. The van der Waals surface area contributed by atoms with E-state index in [0.717, 1.165) is 12.8 Å². The number of benzene rings is 1. The Morgan fingerprint density at radius 3 is 2.60 bits per heavy atom. The maximum absolute atomic E-state index is 13.0. The van der Waals surface area contributed by atoms with Crippen molar-refractivity contribution in [3.63, 3.8) is 0 Å². The normalized spacial score (nSPS) is 12.0. The summed E-state index contributed by atoms with van der Waals surface area (Å²) in [6, 6.07) is 2.33. The minimum atomic E-state index is -0.346. The van der Waals surface area contributed by atoms with E-state index in [0.29, 0.717) is 11.1 Å². The summed E-state index contributed by atoms with van der Waals surface area (Å²) in [6.45, 7) is 3.67. The molecule has 0 spiro atoms. The van der Waals surface area contributed by atoms with E-state index in [9.17, 15) is 9.50 Å². The van der Waals surface area contributed by atoms with E-state index in [1.165, 1.54) is 12.1 Å². The van der Waals surface area contributed by atoms with E-state index in [2.05, 4.69) is 0 Å². The van der Waals surface area contributed by atoms with E-state index in [4.69, 9.17) is 5.73 Å². The Morgan fingerprint density at radius 2 is 2.07 bits per heavy atom. The molecule has 4 heteroatoms. The maximum Gasteiger partial charge on any atom is 0.124 e. The van der Waals surface area contributed by atoms with E-state index in [1.807, 2.05) is 6.92 Å². The van der Waals surface area contributed by atoms with Crippen molar-refractivity contribution in [2.24, 2.45) is 5.73 Å². The molecule has 1 atom stereocenters. The number of aromatic hydroxyl groups is 1. The molecular formula is C11H17ClFNO. The van der Waals surface area contributed by atoms with Gasteiger partial charge in [-0.3, -0.25) is 0 Å². The van der Waals surface area contributed by atoms with Crippen molar-refractivity contribution in [3.05, 3.63) is 29.1 Å². The average Bonchev–Trinajstić information content (AvgIpc) is 2.11. The summed E-state index contributed by atoms with van der Waals surface area (Å²) >= 11 is 0. The molecule has 86 valence electrons. The number of hydrogen-bond acceptors (Lipinski definition) is 2. The smallest absolute Gasteiger partial charge is 0.124 e. The van der Waals surface area contributed by atoms with Crippen LogP contribution >= 0.6 is 12.4 Å². The molecule has 0 saturated heterocycles. The number of rotatable bonds is 3. The van der Waals surface area contributed by atoms with Crippen LogP contribution in [0.2, 0.25) is 0 Å². The monoisotopic (exact) mass is 233 g/mol. The van der Waals surface area contributed by atoms with Crippen molar-refractivity contribution in [2.75, 3.05) is 0 Å². The molecule has 0 unspecified atom stereocenters. The van der Waals surface area contributed by atoms with Crippen LogP contribution in [0.1, 0.15) is 36.9 Å². The van der Waals surface area contributed by atoms with Gasteiger partial charge in [-0.15, -0.1) is 12.4 Å². The first-order valence-electron chi connectivity index (χ1n) is 4.80. The second kappa shape index (κ2) is 5.93. The first kappa shape index (κ1) is 14.2. The summed E-state index contributed by atoms with van der Waals surface area (Å²) in [7, 11) is 0. The lowest BCUT2D eigenvalue weighted by atomic mass is 10.00. The topological polar surface area (TPSA) is 46.2 Å². The molecule has 1 aromatic carbocycles. The van der Waals surface area contributed by atoms with Crippen LogP contribution in [0.3, 0.4) is 0 Å². The summed E-state index contributed by atoms with van der Waals surface area (Å²) in [6.07, 6.45) is 1.66.